The molecule has 0 unspecified atom stereocenters. The fourth-order valence-electron chi connectivity index (χ4n) is 1.60. The molecule has 0 amide bonds. The molecule has 0 aliphatic heterocycles. The quantitative estimate of drug-likeness (QED) is 0.610. The van der Waals surface area contributed by atoms with E-state index in [2.05, 4.69) is 9.99 Å². The van der Waals surface area contributed by atoms with Crippen LogP contribution in [0, 0.1) is 0 Å². The van der Waals surface area contributed by atoms with Gasteiger partial charge in [0.05, 0.1) is 12.6 Å². The number of carboxylic acid groups (broad SMARTS) is 1. The molecular weight excluding hydrogens is 244 g/mol. The second kappa shape index (κ2) is 4.34. The van der Waals surface area contributed by atoms with Crippen LogP contribution >= 0.6 is 0 Å². The minimum absolute atomic E-state index is 0.155. The Hall–Kier alpha value is -2.61. The van der Waals surface area contributed by atoms with Crippen molar-refractivity contribution in [1.82, 2.24) is 9.61 Å². The Morgan fingerprint density at radius 1 is 1.39 bits per heavy atom. The van der Waals surface area contributed by atoms with Gasteiger partial charge in [-0.3, -0.25) is 4.89 Å². The third-order valence-electron chi connectivity index (χ3n) is 2.32. The van der Waals surface area contributed by atoms with Crippen molar-refractivity contribution in [3.8, 4) is 5.88 Å². The van der Waals surface area contributed by atoms with Crippen LogP contribution < -0.4 is 4.74 Å². The molecule has 0 fully saturated rings. The van der Waals surface area contributed by atoms with E-state index in [0.717, 1.165) is 4.52 Å². The lowest BCUT2D eigenvalue weighted by Crippen LogP contribution is -2.09. The molecule has 8 nitrogen and oxygen atoms in total. The highest BCUT2D eigenvalue weighted by Crippen LogP contribution is 2.21. The van der Waals surface area contributed by atoms with Crippen molar-refractivity contribution >= 4 is 17.5 Å². The van der Waals surface area contributed by atoms with E-state index in [0.29, 0.717) is 0 Å². The zero-order valence-corrected chi connectivity index (χ0v) is 9.15. The van der Waals surface area contributed by atoms with Crippen LogP contribution in [0.1, 0.15) is 20.8 Å². The summed E-state index contributed by atoms with van der Waals surface area (Å²) in [5.74, 6) is -2.37. The van der Waals surface area contributed by atoms with E-state index < -0.39 is 17.6 Å². The van der Waals surface area contributed by atoms with Crippen molar-refractivity contribution in [1.29, 1.82) is 0 Å². The van der Waals surface area contributed by atoms with E-state index in [1.54, 1.807) is 12.1 Å². The summed E-state index contributed by atoms with van der Waals surface area (Å²) in [6.45, 7) is 0. The molecule has 0 aromatic carbocycles. The molecule has 0 aliphatic rings. The van der Waals surface area contributed by atoms with Crippen molar-refractivity contribution in [2.24, 2.45) is 0 Å². The summed E-state index contributed by atoms with van der Waals surface area (Å²) < 4.78 is 6.12. The molecule has 2 aromatic rings. The number of nitrogens with zero attached hydrogens (tertiary/aromatic N) is 2. The molecule has 8 heteroatoms. The Kier molecular flexibility index (Phi) is 2.86. The first kappa shape index (κ1) is 11.9. The predicted molar refractivity (Wildman–Crippen MR) is 56.7 cm³/mol. The van der Waals surface area contributed by atoms with Gasteiger partial charge in [-0.25, -0.2) is 9.59 Å². The summed E-state index contributed by atoms with van der Waals surface area (Å²) in [4.78, 5) is 25.9. The van der Waals surface area contributed by atoms with Gasteiger partial charge in [0, 0.05) is 6.07 Å². The maximum absolute atomic E-state index is 11.3. The van der Waals surface area contributed by atoms with Gasteiger partial charge >= 0.3 is 11.9 Å². The highest BCUT2D eigenvalue weighted by Gasteiger charge is 2.26. The first-order valence-electron chi connectivity index (χ1n) is 4.75. The highest BCUT2D eigenvalue weighted by molar-refractivity contribution is 6.06. The van der Waals surface area contributed by atoms with Crippen LogP contribution in [0.15, 0.2) is 18.2 Å². The van der Waals surface area contributed by atoms with Crippen LogP contribution in [0.25, 0.3) is 5.52 Å². The van der Waals surface area contributed by atoms with E-state index >= 15 is 0 Å². The second-order valence-electron chi connectivity index (χ2n) is 3.27. The number of methoxy groups -OCH3 is 1. The highest BCUT2D eigenvalue weighted by atomic mass is 17.1. The van der Waals surface area contributed by atoms with E-state index in [-0.39, 0.29) is 17.0 Å². The van der Waals surface area contributed by atoms with Gasteiger partial charge in [0.1, 0.15) is 5.56 Å². The monoisotopic (exact) mass is 252 g/mol. The van der Waals surface area contributed by atoms with Crippen molar-refractivity contribution in [3.63, 3.8) is 0 Å². The zero-order valence-electron chi connectivity index (χ0n) is 9.15. The van der Waals surface area contributed by atoms with Crippen molar-refractivity contribution < 1.29 is 29.6 Å². The van der Waals surface area contributed by atoms with Gasteiger partial charge in [-0.2, -0.15) is 14.9 Å². The number of hydrogen-bond acceptors (Lipinski definition) is 6. The molecule has 18 heavy (non-hydrogen) atoms. The predicted octanol–water partition coefficient (Wildman–Crippen LogP) is 0.671. The number of ether oxygens (including phenoxy) is 1. The summed E-state index contributed by atoms with van der Waals surface area (Å²) >= 11 is 0. The van der Waals surface area contributed by atoms with Crippen LogP contribution in [0.2, 0.25) is 0 Å². The number of hydrogen-bond donors (Lipinski definition) is 2. The Bertz CT molecular complexity index is 633. The molecular formula is C10H8N2O6. The number of carboxylic acids is 1. The normalized spacial score (nSPS) is 10.3. The van der Waals surface area contributed by atoms with E-state index in [1.807, 2.05) is 0 Å². The first-order chi connectivity index (χ1) is 8.60. The number of aromatic carboxylic acids is 1. The molecule has 2 aromatic heterocycles. The first-order valence-corrected chi connectivity index (χ1v) is 4.75. The minimum atomic E-state index is -1.36. The molecule has 2 N–H and O–H groups in total. The number of carbonyl (C=O) groups is 2. The molecule has 0 aliphatic carbocycles. The molecule has 0 saturated carbocycles. The molecule has 0 atom stereocenters. The summed E-state index contributed by atoms with van der Waals surface area (Å²) in [5.41, 5.74) is -0.718. The zero-order chi connectivity index (χ0) is 13.3. The fourth-order valence-corrected chi connectivity index (χ4v) is 1.60. The molecule has 2 heterocycles. The lowest BCUT2D eigenvalue weighted by Gasteiger charge is -2.01. The van der Waals surface area contributed by atoms with Crippen LogP contribution in [0.4, 0.5) is 0 Å². The minimum Gasteiger partial charge on any atom is -0.481 e. The van der Waals surface area contributed by atoms with Gasteiger partial charge in [0.15, 0.2) is 5.69 Å². The topological polar surface area (TPSA) is 110 Å². The van der Waals surface area contributed by atoms with Gasteiger partial charge in [0.25, 0.3) is 0 Å². The standard InChI is InChI=1S/C10H8N2O6/c1-17-6-4-2-3-5-7(9(13)14)8(10(15)18-16)11-12(5)6/h2-4,16H,1H3,(H,13,14). The number of fused-ring (bicyclic) bond motifs is 1. The Morgan fingerprint density at radius 3 is 2.67 bits per heavy atom. The van der Waals surface area contributed by atoms with E-state index in [4.69, 9.17) is 15.1 Å². The van der Waals surface area contributed by atoms with Crippen LogP contribution in [-0.4, -0.2) is 39.0 Å². The molecule has 0 spiro atoms. The maximum Gasteiger partial charge on any atom is 0.393 e. The van der Waals surface area contributed by atoms with Gasteiger partial charge in [-0.15, -0.1) is 0 Å². The van der Waals surface area contributed by atoms with Crippen molar-refractivity contribution in [3.05, 3.63) is 29.5 Å². The summed E-state index contributed by atoms with van der Waals surface area (Å²) in [7, 11) is 1.38. The average molecular weight is 252 g/mol. The van der Waals surface area contributed by atoms with E-state index in [9.17, 15) is 9.59 Å². The van der Waals surface area contributed by atoms with Gasteiger partial charge in [-0.1, -0.05) is 6.07 Å². The van der Waals surface area contributed by atoms with Crippen LogP contribution in [-0.2, 0) is 4.89 Å². The smallest absolute Gasteiger partial charge is 0.393 e. The summed E-state index contributed by atoms with van der Waals surface area (Å²) in [5, 5.41) is 21.2. The Morgan fingerprint density at radius 2 is 2.11 bits per heavy atom. The van der Waals surface area contributed by atoms with Crippen LogP contribution in [0.5, 0.6) is 5.88 Å². The number of pyridine rings is 1. The second-order valence-corrected chi connectivity index (χ2v) is 3.27. The molecule has 0 bridgehead atoms. The third-order valence-corrected chi connectivity index (χ3v) is 2.32. The van der Waals surface area contributed by atoms with Gasteiger partial charge in [0.2, 0.25) is 5.88 Å². The Labute approximate surface area is 99.9 Å². The van der Waals surface area contributed by atoms with Crippen molar-refractivity contribution in [2.45, 2.75) is 0 Å². The third kappa shape index (κ3) is 1.64. The van der Waals surface area contributed by atoms with Crippen molar-refractivity contribution in [2.75, 3.05) is 7.11 Å². The lowest BCUT2D eigenvalue weighted by atomic mass is 10.2. The number of carbonyl (C=O) groups excluding carboxylic acids is 1. The number of aromatic nitrogens is 2. The summed E-state index contributed by atoms with van der Waals surface area (Å²) in [6, 6.07) is 4.54. The van der Waals surface area contributed by atoms with E-state index in [1.165, 1.54) is 13.2 Å². The molecule has 2 rings (SSSR count). The molecule has 94 valence electrons. The Balaban J connectivity index is 2.82. The number of rotatable bonds is 3. The van der Waals surface area contributed by atoms with Gasteiger partial charge < -0.3 is 9.84 Å². The maximum atomic E-state index is 11.3. The van der Waals surface area contributed by atoms with Gasteiger partial charge in [-0.05, 0) is 6.07 Å². The van der Waals surface area contributed by atoms with Crippen LogP contribution in [0.3, 0.4) is 0 Å². The molecule has 0 saturated heterocycles. The average Bonchev–Trinajstić information content (AvgIpc) is 2.76. The SMILES string of the molecule is COc1cccc2c(C(=O)O)c(C(=O)OO)nn12. The summed E-state index contributed by atoms with van der Waals surface area (Å²) in [6.07, 6.45) is 0. The fraction of sp³-hybridized carbons (Fsp3) is 0.100. The molecule has 0 radical (unpaired) electrons. The largest absolute Gasteiger partial charge is 0.481 e. The lowest BCUT2D eigenvalue weighted by molar-refractivity contribution is -0.183.